The Labute approximate surface area is 133 Å². The van der Waals surface area contributed by atoms with Crippen LogP contribution in [-0.4, -0.2) is 35.3 Å². The van der Waals surface area contributed by atoms with Crippen LogP contribution in [0.4, 0.5) is 0 Å². The zero-order valence-corrected chi connectivity index (χ0v) is 13.5. The van der Waals surface area contributed by atoms with Gasteiger partial charge in [0.25, 0.3) is 0 Å². The zero-order valence-electron chi connectivity index (χ0n) is 12.7. The van der Waals surface area contributed by atoms with Gasteiger partial charge in [0.2, 0.25) is 11.8 Å². The van der Waals surface area contributed by atoms with Gasteiger partial charge in [-0.25, -0.2) is 0 Å². The Hall–Kier alpha value is -0.810. The Morgan fingerprint density at radius 1 is 1.14 bits per heavy atom. The summed E-state index contributed by atoms with van der Waals surface area (Å²) < 4.78 is 0. The summed E-state index contributed by atoms with van der Waals surface area (Å²) in [6, 6.07) is 0. The van der Waals surface area contributed by atoms with Gasteiger partial charge in [-0.3, -0.25) is 9.59 Å². The summed E-state index contributed by atoms with van der Waals surface area (Å²) in [5.41, 5.74) is 10.9. The number of primary amides is 1. The molecule has 1 saturated heterocycles. The second-order valence-electron chi connectivity index (χ2n) is 6.48. The molecule has 0 bridgehead atoms. The Balaban J connectivity index is 0.00000220. The molecule has 5 nitrogen and oxygen atoms in total. The minimum atomic E-state index is -0.635. The molecule has 21 heavy (non-hydrogen) atoms. The monoisotopic (exact) mass is 317 g/mol. The van der Waals surface area contributed by atoms with E-state index < -0.39 is 5.54 Å². The normalized spacial score (nSPS) is 25.0. The van der Waals surface area contributed by atoms with E-state index in [1.807, 2.05) is 4.90 Å². The van der Waals surface area contributed by atoms with Crippen molar-refractivity contribution in [2.75, 3.05) is 13.1 Å². The van der Waals surface area contributed by atoms with E-state index in [0.29, 0.717) is 12.3 Å². The highest BCUT2D eigenvalue weighted by atomic mass is 35.5. The molecule has 1 aliphatic carbocycles. The molecule has 1 unspecified atom stereocenters. The summed E-state index contributed by atoms with van der Waals surface area (Å²) in [5, 5.41) is 0. The Kier molecular flexibility index (Phi) is 6.94. The van der Waals surface area contributed by atoms with E-state index in [-0.39, 0.29) is 24.2 Å². The van der Waals surface area contributed by atoms with E-state index in [1.165, 1.54) is 6.42 Å². The van der Waals surface area contributed by atoms with Gasteiger partial charge in [-0.1, -0.05) is 19.3 Å². The molecule has 0 aromatic carbocycles. The molecular weight excluding hydrogens is 290 g/mol. The number of amides is 2. The lowest BCUT2D eigenvalue weighted by molar-refractivity contribution is -0.140. The lowest BCUT2D eigenvalue weighted by Gasteiger charge is -2.40. The molecule has 1 heterocycles. The summed E-state index contributed by atoms with van der Waals surface area (Å²) in [7, 11) is 0. The van der Waals surface area contributed by atoms with Gasteiger partial charge < -0.3 is 16.4 Å². The van der Waals surface area contributed by atoms with Gasteiger partial charge in [0.05, 0.1) is 5.54 Å². The van der Waals surface area contributed by atoms with E-state index in [4.69, 9.17) is 11.5 Å². The molecule has 1 atom stereocenters. The summed E-state index contributed by atoms with van der Waals surface area (Å²) in [4.78, 5) is 25.5. The molecular formula is C15H28ClN3O2. The number of carbonyl (C=O) groups is 2. The van der Waals surface area contributed by atoms with Gasteiger partial charge >= 0.3 is 0 Å². The van der Waals surface area contributed by atoms with Gasteiger partial charge in [-0.15, -0.1) is 12.4 Å². The summed E-state index contributed by atoms with van der Waals surface area (Å²) in [5.74, 6) is 0.268. The lowest BCUT2D eigenvalue weighted by Crippen LogP contribution is -2.58. The SMILES string of the molecule is Cl.NC(=O)CCC1CCCN(C(=O)C2(N)CCCCC2)C1. The highest BCUT2D eigenvalue weighted by Gasteiger charge is 2.39. The van der Waals surface area contributed by atoms with Crippen LogP contribution in [0.3, 0.4) is 0 Å². The van der Waals surface area contributed by atoms with E-state index in [1.54, 1.807) is 0 Å². The van der Waals surface area contributed by atoms with Crippen molar-refractivity contribution in [3.05, 3.63) is 0 Å². The number of hydrogen-bond donors (Lipinski definition) is 2. The maximum atomic E-state index is 12.7. The summed E-state index contributed by atoms with van der Waals surface area (Å²) in [6.45, 7) is 1.55. The highest BCUT2D eigenvalue weighted by Crippen LogP contribution is 2.30. The fourth-order valence-corrected chi connectivity index (χ4v) is 3.54. The predicted molar refractivity (Wildman–Crippen MR) is 85.0 cm³/mol. The minimum Gasteiger partial charge on any atom is -0.370 e. The zero-order chi connectivity index (χ0) is 14.6. The molecule has 1 saturated carbocycles. The molecule has 2 fully saturated rings. The van der Waals surface area contributed by atoms with Crippen molar-refractivity contribution < 1.29 is 9.59 Å². The first-order valence-corrected chi connectivity index (χ1v) is 7.88. The van der Waals surface area contributed by atoms with Crippen LogP contribution < -0.4 is 11.5 Å². The fourth-order valence-electron chi connectivity index (χ4n) is 3.54. The Morgan fingerprint density at radius 3 is 2.43 bits per heavy atom. The van der Waals surface area contributed by atoms with Crippen molar-refractivity contribution in [3.63, 3.8) is 0 Å². The van der Waals surface area contributed by atoms with E-state index in [0.717, 1.165) is 58.0 Å². The third kappa shape index (κ3) is 4.85. The maximum Gasteiger partial charge on any atom is 0.242 e. The third-order valence-electron chi connectivity index (χ3n) is 4.78. The number of likely N-dealkylation sites (tertiary alicyclic amines) is 1. The molecule has 122 valence electrons. The number of nitrogens with zero attached hydrogens (tertiary/aromatic N) is 1. The van der Waals surface area contributed by atoms with Crippen LogP contribution >= 0.6 is 12.4 Å². The minimum absolute atomic E-state index is 0. The largest absolute Gasteiger partial charge is 0.370 e. The maximum absolute atomic E-state index is 12.7. The van der Waals surface area contributed by atoms with Crippen molar-refractivity contribution in [1.29, 1.82) is 0 Å². The van der Waals surface area contributed by atoms with Crippen LogP contribution in [0.1, 0.15) is 57.8 Å². The fraction of sp³-hybridized carbons (Fsp3) is 0.867. The van der Waals surface area contributed by atoms with Gasteiger partial charge in [0, 0.05) is 19.5 Å². The van der Waals surface area contributed by atoms with Gasteiger partial charge in [-0.2, -0.15) is 0 Å². The van der Waals surface area contributed by atoms with Crippen molar-refractivity contribution in [2.24, 2.45) is 17.4 Å². The number of hydrogen-bond acceptors (Lipinski definition) is 3. The van der Waals surface area contributed by atoms with E-state index >= 15 is 0 Å². The highest BCUT2D eigenvalue weighted by molar-refractivity contribution is 5.86. The van der Waals surface area contributed by atoms with Gasteiger partial charge in [0.15, 0.2) is 0 Å². The van der Waals surface area contributed by atoms with Crippen LogP contribution in [0.2, 0.25) is 0 Å². The summed E-state index contributed by atoms with van der Waals surface area (Å²) in [6.07, 6.45) is 8.22. The first-order valence-electron chi connectivity index (χ1n) is 7.88. The van der Waals surface area contributed by atoms with Crippen LogP contribution in [0, 0.1) is 5.92 Å². The van der Waals surface area contributed by atoms with Crippen LogP contribution in [0.25, 0.3) is 0 Å². The molecule has 0 radical (unpaired) electrons. The molecule has 2 amide bonds. The number of carbonyl (C=O) groups excluding carboxylic acids is 2. The molecule has 4 N–H and O–H groups in total. The van der Waals surface area contributed by atoms with Crippen molar-refractivity contribution in [1.82, 2.24) is 4.90 Å². The van der Waals surface area contributed by atoms with Crippen LogP contribution in [-0.2, 0) is 9.59 Å². The molecule has 2 rings (SSSR count). The quantitative estimate of drug-likeness (QED) is 0.824. The standard InChI is InChI=1S/C15H27N3O2.ClH/c16-13(19)7-6-12-5-4-10-18(11-12)14(20)15(17)8-2-1-3-9-15;/h12H,1-11,17H2,(H2,16,19);1H. The number of nitrogens with two attached hydrogens (primary N) is 2. The first kappa shape index (κ1) is 18.2. The molecule has 1 aliphatic heterocycles. The van der Waals surface area contributed by atoms with Crippen LogP contribution in [0.5, 0.6) is 0 Å². The average molecular weight is 318 g/mol. The molecule has 2 aliphatic rings. The topological polar surface area (TPSA) is 89.4 Å². The second kappa shape index (κ2) is 7.99. The Bertz CT molecular complexity index is 370. The number of rotatable bonds is 4. The molecule has 0 spiro atoms. The Morgan fingerprint density at radius 2 is 1.81 bits per heavy atom. The average Bonchev–Trinajstić information content (AvgIpc) is 2.45. The summed E-state index contributed by atoms with van der Waals surface area (Å²) >= 11 is 0. The number of halogens is 1. The van der Waals surface area contributed by atoms with E-state index in [2.05, 4.69) is 0 Å². The van der Waals surface area contributed by atoms with Crippen LogP contribution in [0.15, 0.2) is 0 Å². The lowest BCUT2D eigenvalue weighted by atomic mass is 9.80. The van der Waals surface area contributed by atoms with Crippen molar-refractivity contribution >= 4 is 24.2 Å². The van der Waals surface area contributed by atoms with Crippen molar-refractivity contribution in [3.8, 4) is 0 Å². The number of piperidine rings is 1. The van der Waals surface area contributed by atoms with Crippen molar-refractivity contribution in [2.45, 2.75) is 63.3 Å². The molecule has 6 heteroatoms. The third-order valence-corrected chi connectivity index (χ3v) is 4.78. The smallest absolute Gasteiger partial charge is 0.242 e. The van der Waals surface area contributed by atoms with Gasteiger partial charge in [0.1, 0.15) is 0 Å². The predicted octanol–water partition coefficient (Wildman–Crippen LogP) is 1.57. The van der Waals surface area contributed by atoms with E-state index in [9.17, 15) is 9.59 Å². The van der Waals surface area contributed by atoms with Gasteiger partial charge in [-0.05, 0) is 38.0 Å². The molecule has 0 aromatic heterocycles. The second-order valence-corrected chi connectivity index (χ2v) is 6.48. The first-order chi connectivity index (χ1) is 9.51. The molecule has 0 aromatic rings.